The van der Waals surface area contributed by atoms with Crippen LogP contribution >= 0.6 is 0 Å². The molecule has 0 aliphatic carbocycles. The van der Waals surface area contributed by atoms with Crippen molar-refractivity contribution in [2.75, 3.05) is 36.0 Å². The van der Waals surface area contributed by atoms with Crippen LogP contribution in [-0.2, 0) is 5.54 Å². The van der Waals surface area contributed by atoms with Crippen molar-refractivity contribution in [1.29, 1.82) is 0 Å². The topological polar surface area (TPSA) is 68.6 Å². The molecule has 7 aromatic carbocycles. The fourth-order valence-electron chi connectivity index (χ4n) is 8.68. The number of rotatable bonds is 8. The average molecular weight is 685 g/mol. The fourth-order valence-corrected chi connectivity index (χ4v) is 8.68. The predicted octanol–water partition coefficient (Wildman–Crippen LogP) is 9.87. The minimum Gasteiger partial charge on any atom is -0.507 e. The van der Waals surface area contributed by atoms with E-state index in [1.165, 1.54) is 0 Å². The molecule has 9 rings (SSSR count). The third-order valence-corrected chi connectivity index (χ3v) is 11.2. The number of nitrogens with zero attached hydrogens (tertiary/aromatic N) is 4. The Bertz CT molecular complexity index is 2490. The van der Waals surface area contributed by atoms with E-state index in [2.05, 4.69) is 110 Å². The average Bonchev–Trinajstić information content (AvgIpc) is 3.42. The van der Waals surface area contributed by atoms with Crippen molar-refractivity contribution in [3.05, 3.63) is 137 Å². The van der Waals surface area contributed by atoms with Crippen molar-refractivity contribution in [2.24, 2.45) is 5.10 Å². The van der Waals surface area contributed by atoms with E-state index in [4.69, 9.17) is 9.84 Å². The molecule has 0 bridgehead atoms. The Morgan fingerprint density at radius 3 is 1.90 bits per heavy atom. The summed E-state index contributed by atoms with van der Waals surface area (Å²) in [5.41, 5.74) is 4.60. The standard InChI is InChI=1S/C45H40N4O3/c1-5-47(6-2)32-19-22-37-39(25-32)52-40-26-33(48(7-3)8-4)20-23-38(40)45(37)36-15-10-9-14-34(36)44(51)49(45)46-27-31-24-30-17-16-28-12-11-13-29-18-21-35(43(31)50)42(30)41(28)29/h9-27,50H,5-8H2,1-4H3/b46-27+. The Morgan fingerprint density at radius 2 is 1.27 bits per heavy atom. The number of carbonyl (C=O) groups excluding carboxylic acids is 1. The summed E-state index contributed by atoms with van der Waals surface area (Å²) in [4.78, 5) is 19.3. The third-order valence-electron chi connectivity index (χ3n) is 11.2. The predicted molar refractivity (Wildman–Crippen MR) is 212 cm³/mol. The molecule has 2 aliphatic heterocycles. The van der Waals surface area contributed by atoms with Gasteiger partial charge >= 0.3 is 0 Å². The van der Waals surface area contributed by atoms with Crippen LogP contribution in [0, 0.1) is 0 Å². The molecule has 258 valence electrons. The van der Waals surface area contributed by atoms with Crippen molar-refractivity contribution >= 4 is 55.8 Å². The molecule has 0 atom stereocenters. The van der Waals surface area contributed by atoms with Gasteiger partial charge in [-0.25, -0.2) is 5.01 Å². The summed E-state index contributed by atoms with van der Waals surface area (Å²) < 4.78 is 6.83. The summed E-state index contributed by atoms with van der Waals surface area (Å²) in [5.74, 6) is 1.28. The second kappa shape index (κ2) is 12.0. The van der Waals surface area contributed by atoms with Crippen LogP contribution < -0.4 is 14.5 Å². The van der Waals surface area contributed by atoms with Gasteiger partial charge in [-0.15, -0.1) is 0 Å². The summed E-state index contributed by atoms with van der Waals surface area (Å²) in [6.45, 7) is 12.0. The van der Waals surface area contributed by atoms with Crippen LogP contribution in [-0.4, -0.2) is 48.4 Å². The van der Waals surface area contributed by atoms with Crippen molar-refractivity contribution in [3.63, 3.8) is 0 Å². The van der Waals surface area contributed by atoms with Crippen molar-refractivity contribution in [3.8, 4) is 17.2 Å². The second-order valence-corrected chi connectivity index (χ2v) is 13.6. The van der Waals surface area contributed by atoms with Gasteiger partial charge in [0.2, 0.25) is 0 Å². The quantitative estimate of drug-likeness (QED) is 0.128. The Hall–Kier alpha value is -6.08. The van der Waals surface area contributed by atoms with Gasteiger partial charge in [0.05, 0.1) is 6.21 Å². The number of hydrogen-bond acceptors (Lipinski definition) is 6. The van der Waals surface area contributed by atoms with Gasteiger partial charge in [0.25, 0.3) is 5.91 Å². The van der Waals surface area contributed by atoms with Gasteiger partial charge in [-0.2, -0.15) is 5.10 Å². The number of anilines is 2. The number of aromatic hydroxyl groups is 1. The molecule has 1 N–H and O–H groups in total. The lowest BCUT2D eigenvalue weighted by Crippen LogP contribution is -2.44. The van der Waals surface area contributed by atoms with Gasteiger partial charge in [-0.3, -0.25) is 4.79 Å². The lowest BCUT2D eigenvalue weighted by Gasteiger charge is -2.42. The van der Waals surface area contributed by atoms with Gasteiger partial charge in [0, 0.05) is 88.3 Å². The number of carbonyl (C=O) groups is 1. The monoisotopic (exact) mass is 684 g/mol. The molecular formula is C45H40N4O3. The van der Waals surface area contributed by atoms with Gasteiger partial charge in [-0.1, -0.05) is 66.7 Å². The van der Waals surface area contributed by atoms with Crippen molar-refractivity contribution in [1.82, 2.24) is 5.01 Å². The second-order valence-electron chi connectivity index (χ2n) is 13.6. The molecular weight excluding hydrogens is 645 g/mol. The SMILES string of the molecule is CCN(CC)c1ccc2c(c1)Oc1cc(N(CC)CC)ccc1C21c2ccccc2C(=O)N1/N=C/c1cc2ccc3cccc4ccc(c1O)c2c34. The largest absolute Gasteiger partial charge is 0.507 e. The Morgan fingerprint density at radius 1 is 0.673 bits per heavy atom. The van der Waals surface area contributed by atoms with Crippen molar-refractivity contribution < 1.29 is 14.6 Å². The van der Waals surface area contributed by atoms with Gasteiger partial charge in [0.1, 0.15) is 22.8 Å². The number of hydrogen-bond donors (Lipinski definition) is 1. The zero-order valence-electron chi connectivity index (χ0n) is 29.9. The molecule has 7 heteroatoms. The highest BCUT2D eigenvalue weighted by atomic mass is 16.5. The highest BCUT2D eigenvalue weighted by Crippen LogP contribution is 2.58. The first-order chi connectivity index (χ1) is 25.4. The maximum Gasteiger partial charge on any atom is 0.275 e. The smallest absolute Gasteiger partial charge is 0.275 e. The first kappa shape index (κ1) is 31.9. The Balaban J connectivity index is 1.28. The molecule has 52 heavy (non-hydrogen) atoms. The molecule has 2 aliphatic rings. The summed E-state index contributed by atoms with van der Waals surface area (Å²) in [7, 11) is 0. The molecule has 0 saturated heterocycles. The van der Waals surface area contributed by atoms with Crippen LogP contribution in [0.4, 0.5) is 11.4 Å². The number of phenolic OH excluding ortho intramolecular Hbond substituents is 1. The molecule has 7 aromatic rings. The highest BCUT2D eigenvalue weighted by molar-refractivity contribution is 6.25. The molecule has 0 aromatic heterocycles. The van der Waals surface area contributed by atoms with Gasteiger partial charge < -0.3 is 19.6 Å². The van der Waals surface area contributed by atoms with Crippen LogP contribution in [0.15, 0.2) is 114 Å². The number of amides is 1. The minimum absolute atomic E-state index is 0.133. The first-order valence-corrected chi connectivity index (χ1v) is 18.3. The third kappa shape index (κ3) is 4.38. The lowest BCUT2D eigenvalue weighted by atomic mass is 9.75. The Labute approximate surface area is 303 Å². The molecule has 2 heterocycles. The van der Waals surface area contributed by atoms with E-state index >= 15 is 0 Å². The number of benzene rings is 7. The van der Waals surface area contributed by atoms with E-state index in [0.29, 0.717) is 22.6 Å². The van der Waals surface area contributed by atoms with Crippen LogP contribution in [0.1, 0.15) is 60.3 Å². The van der Waals surface area contributed by atoms with Crippen LogP contribution in [0.3, 0.4) is 0 Å². The summed E-state index contributed by atoms with van der Waals surface area (Å²) >= 11 is 0. The maximum absolute atomic E-state index is 14.7. The lowest BCUT2D eigenvalue weighted by molar-refractivity contribution is 0.0675. The van der Waals surface area contributed by atoms with Crippen LogP contribution in [0.25, 0.3) is 32.3 Å². The van der Waals surface area contributed by atoms with E-state index in [1.54, 1.807) is 11.2 Å². The first-order valence-electron chi connectivity index (χ1n) is 18.3. The van der Waals surface area contributed by atoms with E-state index in [9.17, 15) is 9.90 Å². The maximum atomic E-state index is 14.7. The zero-order valence-corrected chi connectivity index (χ0v) is 29.9. The van der Waals surface area contributed by atoms with E-state index in [1.807, 2.05) is 36.4 Å². The highest BCUT2D eigenvalue weighted by Gasteiger charge is 2.57. The molecule has 7 nitrogen and oxygen atoms in total. The molecule has 0 unspecified atom stereocenters. The number of ether oxygens (including phenoxy) is 1. The molecule has 1 amide bonds. The van der Waals surface area contributed by atoms with Crippen LogP contribution in [0.5, 0.6) is 17.2 Å². The molecule has 0 saturated carbocycles. The summed E-state index contributed by atoms with van der Waals surface area (Å²) in [5, 5.41) is 24.6. The zero-order chi connectivity index (χ0) is 35.7. The van der Waals surface area contributed by atoms with Crippen molar-refractivity contribution in [2.45, 2.75) is 33.2 Å². The van der Waals surface area contributed by atoms with Gasteiger partial charge in [-0.05, 0) is 79.6 Å². The molecule has 0 radical (unpaired) electrons. The molecule has 1 spiro atoms. The minimum atomic E-state index is -1.12. The number of hydrazone groups is 1. The number of phenols is 1. The Kier molecular flexibility index (Phi) is 7.36. The fraction of sp³-hybridized carbons (Fsp3) is 0.200. The van der Waals surface area contributed by atoms with Gasteiger partial charge in [0.15, 0.2) is 0 Å². The normalized spacial score (nSPS) is 14.4. The van der Waals surface area contributed by atoms with E-state index in [-0.39, 0.29) is 11.7 Å². The van der Waals surface area contributed by atoms with E-state index in [0.717, 1.165) is 86.6 Å². The van der Waals surface area contributed by atoms with Crippen LogP contribution in [0.2, 0.25) is 0 Å². The summed E-state index contributed by atoms with van der Waals surface area (Å²) in [6.07, 6.45) is 1.64. The van der Waals surface area contributed by atoms with E-state index < -0.39 is 5.54 Å². The number of fused-ring (bicyclic) bond motifs is 6. The summed E-state index contributed by atoms with van der Waals surface area (Å²) in [6, 6.07) is 36.8. The molecule has 0 fully saturated rings.